The van der Waals surface area contributed by atoms with Crippen LogP contribution in [0, 0.1) is 0 Å². The van der Waals surface area contributed by atoms with E-state index in [0.717, 1.165) is 5.56 Å². The molecule has 0 atom stereocenters. The Labute approximate surface area is 183 Å². The summed E-state index contributed by atoms with van der Waals surface area (Å²) in [5, 5.41) is 0.932. The van der Waals surface area contributed by atoms with Gasteiger partial charge in [-0.1, -0.05) is 47.5 Å². The summed E-state index contributed by atoms with van der Waals surface area (Å²) in [6.45, 7) is 0.312. The van der Waals surface area contributed by atoms with E-state index in [1.807, 2.05) is 12.1 Å². The Morgan fingerprint density at radius 2 is 1.57 bits per heavy atom. The van der Waals surface area contributed by atoms with Crippen molar-refractivity contribution in [1.29, 1.82) is 0 Å². The summed E-state index contributed by atoms with van der Waals surface area (Å²) in [5.41, 5.74) is 6.16. The number of benzene rings is 3. The molecule has 2 N–H and O–H groups in total. The number of carbonyl (C=O) groups is 2. The lowest BCUT2D eigenvalue weighted by Gasteiger charge is -2.13. The van der Waals surface area contributed by atoms with Crippen LogP contribution in [0.1, 0.15) is 26.3 Å². The van der Waals surface area contributed by atoms with Crippen LogP contribution in [0.25, 0.3) is 0 Å². The van der Waals surface area contributed by atoms with Gasteiger partial charge in [0.15, 0.2) is 11.5 Å². The van der Waals surface area contributed by atoms with Gasteiger partial charge in [-0.15, -0.1) is 0 Å². The molecule has 3 rings (SSSR count). The number of nitrogens with one attached hydrogen (secondary N) is 2. The van der Waals surface area contributed by atoms with Crippen LogP contribution in [0.15, 0.2) is 66.7 Å². The monoisotopic (exact) mass is 444 g/mol. The van der Waals surface area contributed by atoms with Gasteiger partial charge in [0, 0.05) is 10.6 Å². The van der Waals surface area contributed by atoms with Gasteiger partial charge in [0.2, 0.25) is 0 Å². The normalized spacial score (nSPS) is 10.2. The molecule has 3 aromatic carbocycles. The van der Waals surface area contributed by atoms with E-state index in [1.165, 1.54) is 13.2 Å². The molecular formula is C22H18Cl2N2O4. The first kappa shape index (κ1) is 21.5. The third-order valence-corrected chi connectivity index (χ3v) is 4.72. The molecule has 30 heavy (non-hydrogen) atoms. The maximum absolute atomic E-state index is 12.4. The van der Waals surface area contributed by atoms with Gasteiger partial charge >= 0.3 is 0 Å². The number of amides is 2. The van der Waals surface area contributed by atoms with E-state index in [4.69, 9.17) is 32.7 Å². The molecule has 0 spiro atoms. The van der Waals surface area contributed by atoms with Crippen LogP contribution in [0.5, 0.6) is 11.5 Å². The fourth-order valence-electron chi connectivity index (χ4n) is 2.57. The number of methoxy groups -OCH3 is 1. The Balaban J connectivity index is 1.63. The molecule has 0 aliphatic rings. The van der Waals surface area contributed by atoms with E-state index in [9.17, 15) is 9.59 Å². The summed E-state index contributed by atoms with van der Waals surface area (Å²) in [7, 11) is 1.48. The topological polar surface area (TPSA) is 76.7 Å². The fraction of sp³-hybridized carbons (Fsp3) is 0.0909. The van der Waals surface area contributed by atoms with Crippen LogP contribution in [0.4, 0.5) is 0 Å². The standard InChI is InChI=1S/C22H18Cl2N2O4/c1-29-20-12-15(8-11-19(20)30-13-14-6-9-16(23)10-7-14)21(27)25-26-22(28)17-4-2-3-5-18(17)24/h2-12H,13H2,1H3,(H,25,27)(H,26,28). The van der Waals surface area contributed by atoms with Gasteiger partial charge in [-0.3, -0.25) is 20.4 Å². The number of carbonyl (C=O) groups excluding carboxylic acids is 2. The van der Waals surface area contributed by atoms with Crippen molar-refractivity contribution in [3.63, 3.8) is 0 Å². The molecule has 6 nitrogen and oxygen atoms in total. The Morgan fingerprint density at radius 3 is 2.27 bits per heavy atom. The van der Waals surface area contributed by atoms with Crippen molar-refractivity contribution in [2.45, 2.75) is 6.61 Å². The third kappa shape index (κ3) is 5.43. The highest BCUT2D eigenvalue weighted by Crippen LogP contribution is 2.29. The summed E-state index contributed by atoms with van der Waals surface area (Å²) in [4.78, 5) is 24.5. The van der Waals surface area contributed by atoms with E-state index in [2.05, 4.69) is 10.9 Å². The van der Waals surface area contributed by atoms with Gasteiger partial charge < -0.3 is 9.47 Å². The molecule has 0 fully saturated rings. The van der Waals surface area contributed by atoms with Crippen LogP contribution in [0.3, 0.4) is 0 Å². The highest BCUT2D eigenvalue weighted by molar-refractivity contribution is 6.33. The summed E-state index contributed by atoms with van der Waals surface area (Å²) in [6, 6.07) is 18.5. The molecule has 0 aliphatic heterocycles. The van der Waals surface area contributed by atoms with Gasteiger partial charge in [0.1, 0.15) is 6.61 Å². The largest absolute Gasteiger partial charge is 0.493 e. The lowest BCUT2D eigenvalue weighted by Crippen LogP contribution is -2.41. The zero-order chi connectivity index (χ0) is 21.5. The molecule has 2 amide bonds. The van der Waals surface area contributed by atoms with Gasteiger partial charge in [0.25, 0.3) is 11.8 Å². The van der Waals surface area contributed by atoms with Gasteiger partial charge in [-0.2, -0.15) is 0 Å². The minimum Gasteiger partial charge on any atom is -0.493 e. The first-order valence-corrected chi connectivity index (χ1v) is 9.64. The predicted molar refractivity (Wildman–Crippen MR) is 115 cm³/mol. The SMILES string of the molecule is COc1cc(C(=O)NNC(=O)c2ccccc2Cl)ccc1OCc1ccc(Cl)cc1. The van der Waals surface area contributed by atoms with Crippen molar-refractivity contribution in [3.8, 4) is 11.5 Å². The van der Waals surface area contributed by atoms with Crippen molar-refractivity contribution in [3.05, 3.63) is 93.5 Å². The maximum Gasteiger partial charge on any atom is 0.271 e. The molecule has 3 aromatic rings. The average Bonchev–Trinajstić information content (AvgIpc) is 2.77. The van der Waals surface area contributed by atoms with E-state index in [0.29, 0.717) is 23.1 Å². The van der Waals surface area contributed by atoms with E-state index < -0.39 is 11.8 Å². The van der Waals surface area contributed by atoms with Crippen molar-refractivity contribution in [2.75, 3.05) is 7.11 Å². The van der Waals surface area contributed by atoms with Gasteiger partial charge in [-0.05, 0) is 48.0 Å². The van der Waals surface area contributed by atoms with Crippen LogP contribution < -0.4 is 20.3 Å². The lowest BCUT2D eigenvalue weighted by atomic mass is 10.2. The Hall–Kier alpha value is -3.22. The number of rotatable bonds is 6. The second kappa shape index (κ2) is 10.0. The highest BCUT2D eigenvalue weighted by Gasteiger charge is 2.14. The Kier molecular flexibility index (Phi) is 7.17. The molecule has 8 heteroatoms. The quantitative estimate of drug-likeness (QED) is 0.542. The van der Waals surface area contributed by atoms with E-state index in [1.54, 1.807) is 48.5 Å². The van der Waals surface area contributed by atoms with Crippen molar-refractivity contribution >= 4 is 35.0 Å². The number of ether oxygens (including phenoxy) is 2. The smallest absolute Gasteiger partial charge is 0.271 e. The second-order valence-electron chi connectivity index (χ2n) is 6.17. The van der Waals surface area contributed by atoms with Crippen LogP contribution >= 0.6 is 23.2 Å². The first-order chi connectivity index (χ1) is 14.5. The second-order valence-corrected chi connectivity index (χ2v) is 7.01. The lowest BCUT2D eigenvalue weighted by molar-refractivity contribution is 0.0846. The summed E-state index contributed by atoms with van der Waals surface area (Å²) < 4.78 is 11.1. The first-order valence-electron chi connectivity index (χ1n) is 8.88. The Morgan fingerprint density at radius 1 is 0.867 bits per heavy atom. The van der Waals surface area contributed by atoms with Crippen molar-refractivity contribution < 1.29 is 19.1 Å². The van der Waals surface area contributed by atoms with Crippen LogP contribution in [-0.2, 0) is 6.61 Å². The molecular weight excluding hydrogens is 427 g/mol. The zero-order valence-electron chi connectivity index (χ0n) is 15.9. The Bertz CT molecular complexity index is 1060. The molecule has 0 aliphatic carbocycles. The van der Waals surface area contributed by atoms with Crippen LogP contribution in [0.2, 0.25) is 10.0 Å². The molecule has 0 heterocycles. The van der Waals surface area contributed by atoms with Gasteiger partial charge in [-0.25, -0.2) is 0 Å². The number of hydrogen-bond acceptors (Lipinski definition) is 4. The summed E-state index contributed by atoms with van der Waals surface area (Å²) in [6.07, 6.45) is 0. The molecule has 0 saturated carbocycles. The molecule has 0 bridgehead atoms. The summed E-state index contributed by atoms with van der Waals surface area (Å²) >= 11 is 11.9. The van der Waals surface area contributed by atoms with Gasteiger partial charge in [0.05, 0.1) is 17.7 Å². The minimum atomic E-state index is -0.524. The fourth-order valence-corrected chi connectivity index (χ4v) is 2.92. The zero-order valence-corrected chi connectivity index (χ0v) is 17.5. The number of hydrazine groups is 1. The number of hydrogen-bond donors (Lipinski definition) is 2. The molecule has 154 valence electrons. The molecule has 0 radical (unpaired) electrons. The van der Waals surface area contributed by atoms with Crippen molar-refractivity contribution in [2.24, 2.45) is 0 Å². The maximum atomic E-state index is 12.4. The third-order valence-electron chi connectivity index (χ3n) is 4.14. The predicted octanol–water partition coefficient (Wildman–Crippen LogP) is 4.66. The molecule has 0 unspecified atom stereocenters. The average molecular weight is 445 g/mol. The molecule has 0 aromatic heterocycles. The summed E-state index contributed by atoms with van der Waals surface area (Å²) in [5.74, 6) is -0.181. The number of halogens is 2. The van der Waals surface area contributed by atoms with Crippen molar-refractivity contribution in [1.82, 2.24) is 10.9 Å². The minimum absolute atomic E-state index is 0.253. The van der Waals surface area contributed by atoms with E-state index >= 15 is 0 Å². The van der Waals surface area contributed by atoms with Crippen LogP contribution in [-0.4, -0.2) is 18.9 Å². The molecule has 0 saturated heterocycles. The van der Waals surface area contributed by atoms with E-state index in [-0.39, 0.29) is 16.1 Å². The highest BCUT2D eigenvalue weighted by atomic mass is 35.5.